The molecule has 2 amide bonds. The Morgan fingerprint density at radius 2 is 1.62 bits per heavy atom. The molecule has 3 N–H and O–H groups in total. The highest BCUT2D eigenvalue weighted by Gasteiger charge is 2.33. The lowest BCUT2D eigenvalue weighted by Crippen LogP contribution is -2.46. The number of nitrogens with zero attached hydrogens (tertiary/aromatic N) is 2. The molecule has 6 nitrogen and oxygen atoms in total. The van der Waals surface area contributed by atoms with Crippen LogP contribution in [0.2, 0.25) is 0 Å². The van der Waals surface area contributed by atoms with Gasteiger partial charge in [0.1, 0.15) is 0 Å². The number of pyridine rings is 1. The maximum atomic E-state index is 13.6. The third-order valence-corrected chi connectivity index (χ3v) is 6.97. The Morgan fingerprint density at radius 1 is 0.938 bits per heavy atom. The van der Waals surface area contributed by atoms with E-state index >= 15 is 0 Å². The zero-order valence-corrected chi connectivity index (χ0v) is 18.7. The van der Waals surface area contributed by atoms with Crippen molar-refractivity contribution in [3.05, 3.63) is 59.9 Å². The van der Waals surface area contributed by atoms with Crippen LogP contribution in [0.3, 0.4) is 0 Å². The van der Waals surface area contributed by atoms with Gasteiger partial charge in [-0.25, -0.2) is 0 Å². The number of nitrogens with two attached hydrogens (primary N) is 1. The summed E-state index contributed by atoms with van der Waals surface area (Å²) in [4.78, 5) is 32.5. The molecule has 0 bridgehead atoms. The first-order valence-corrected chi connectivity index (χ1v) is 12.0. The van der Waals surface area contributed by atoms with Crippen molar-refractivity contribution >= 4 is 17.5 Å². The van der Waals surface area contributed by atoms with Gasteiger partial charge >= 0.3 is 0 Å². The maximum Gasteiger partial charge on any atom is 0.255 e. The van der Waals surface area contributed by atoms with Crippen LogP contribution in [0.4, 0.5) is 5.69 Å². The van der Waals surface area contributed by atoms with E-state index in [1.807, 2.05) is 24.3 Å². The van der Waals surface area contributed by atoms with Gasteiger partial charge in [-0.15, -0.1) is 0 Å². The number of nitrogens with one attached hydrogen (secondary N) is 1. The first-order valence-electron chi connectivity index (χ1n) is 12.0. The number of benzene rings is 1. The predicted molar refractivity (Wildman–Crippen MR) is 126 cm³/mol. The summed E-state index contributed by atoms with van der Waals surface area (Å²) in [5.74, 6) is 0.229. The van der Waals surface area contributed by atoms with E-state index in [-0.39, 0.29) is 29.8 Å². The summed E-state index contributed by atoms with van der Waals surface area (Å²) in [6.07, 6.45) is 12.5. The fourth-order valence-corrected chi connectivity index (χ4v) is 5.05. The SMILES string of the molecule is NC1CCC(N(Cc2ccccc2NC(=O)c2ccncc2)C(=O)C2CCCCC2)CC1. The molecule has 6 heteroatoms. The van der Waals surface area contributed by atoms with E-state index in [9.17, 15) is 9.59 Å². The maximum absolute atomic E-state index is 13.6. The van der Waals surface area contributed by atoms with Crippen LogP contribution in [0.5, 0.6) is 0 Å². The average Bonchev–Trinajstić information content (AvgIpc) is 2.85. The largest absolute Gasteiger partial charge is 0.335 e. The summed E-state index contributed by atoms with van der Waals surface area (Å²) < 4.78 is 0. The molecule has 32 heavy (non-hydrogen) atoms. The van der Waals surface area contributed by atoms with Gasteiger partial charge in [0.25, 0.3) is 5.91 Å². The molecule has 0 aliphatic heterocycles. The third kappa shape index (κ3) is 5.54. The Kier molecular flexibility index (Phi) is 7.53. The van der Waals surface area contributed by atoms with Gasteiger partial charge in [-0.05, 0) is 62.3 Å². The van der Waals surface area contributed by atoms with Crippen LogP contribution in [-0.4, -0.2) is 33.8 Å². The van der Waals surface area contributed by atoms with Crippen LogP contribution < -0.4 is 11.1 Å². The number of hydrogen-bond donors (Lipinski definition) is 2. The van der Waals surface area contributed by atoms with E-state index in [0.717, 1.165) is 62.6 Å². The van der Waals surface area contributed by atoms with E-state index in [2.05, 4.69) is 15.2 Å². The molecule has 2 fully saturated rings. The number of amides is 2. The van der Waals surface area contributed by atoms with Crippen molar-refractivity contribution in [2.24, 2.45) is 11.7 Å². The number of hydrogen-bond acceptors (Lipinski definition) is 4. The number of anilines is 1. The second-order valence-electron chi connectivity index (χ2n) is 9.22. The molecule has 0 unspecified atom stereocenters. The second kappa shape index (κ2) is 10.7. The first-order chi connectivity index (χ1) is 15.6. The van der Waals surface area contributed by atoms with E-state index < -0.39 is 0 Å². The minimum atomic E-state index is -0.173. The molecule has 2 aliphatic carbocycles. The normalized spacial score (nSPS) is 21.7. The summed E-state index contributed by atoms with van der Waals surface area (Å²) in [6.45, 7) is 0.516. The molecule has 2 aromatic rings. The monoisotopic (exact) mass is 434 g/mol. The minimum Gasteiger partial charge on any atom is -0.335 e. The second-order valence-corrected chi connectivity index (χ2v) is 9.22. The number of para-hydroxylation sites is 1. The van der Waals surface area contributed by atoms with Crippen LogP contribution in [0, 0.1) is 5.92 Å². The van der Waals surface area contributed by atoms with E-state index in [0.29, 0.717) is 12.1 Å². The molecular weight excluding hydrogens is 400 g/mol. The van der Waals surface area contributed by atoms with Crippen molar-refractivity contribution in [3.63, 3.8) is 0 Å². The predicted octanol–water partition coefficient (Wildman–Crippen LogP) is 4.51. The van der Waals surface area contributed by atoms with Crippen molar-refractivity contribution in [2.45, 2.75) is 76.4 Å². The highest BCUT2D eigenvalue weighted by atomic mass is 16.2. The number of rotatable bonds is 6. The standard InChI is InChI=1S/C26H34N4O2/c27-22-10-12-23(13-11-22)30(26(32)20-6-2-1-3-7-20)18-21-8-4-5-9-24(21)29-25(31)19-14-16-28-17-15-19/h4-5,8-9,14-17,20,22-23H,1-3,6-7,10-13,18,27H2,(H,29,31). The topological polar surface area (TPSA) is 88.3 Å². The van der Waals surface area contributed by atoms with Crippen molar-refractivity contribution in [2.75, 3.05) is 5.32 Å². The zero-order chi connectivity index (χ0) is 22.3. The molecule has 1 aromatic heterocycles. The fraction of sp³-hybridized carbons (Fsp3) is 0.500. The molecule has 0 spiro atoms. The quantitative estimate of drug-likeness (QED) is 0.700. The third-order valence-electron chi connectivity index (χ3n) is 6.97. The van der Waals surface area contributed by atoms with Crippen LogP contribution in [0.1, 0.15) is 73.7 Å². The van der Waals surface area contributed by atoms with Gasteiger partial charge in [0, 0.05) is 48.2 Å². The fourth-order valence-electron chi connectivity index (χ4n) is 5.05. The Balaban J connectivity index is 1.55. The highest BCUT2D eigenvalue weighted by Crippen LogP contribution is 2.31. The zero-order valence-electron chi connectivity index (χ0n) is 18.7. The van der Waals surface area contributed by atoms with Crippen molar-refractivity contribution in [1.82, 2.24) is 9.88 Å². The van der Waals surface area contributed by atoms with Crippen molar-refractivity contribution < 1.29 is 9.59 Å². The summed E-state index contributed by atoms with van der Waals surface area (Å²) in [7, 11) is 0. The molecule has 1 aromatic carbocycles. The van der Waals surface area contributed by atoms with E-state index in [1.165, 1.54) is 6.42 Å². The number of carbonyl (C=O) groups is 2. The van der Waals surface area contributed by atoms with Gasteiger partial charge < -0.3 is 16.0 Å². The van der Waals surface area contributed by atoms with E-state index in [1.54, 1.807) is 24.5 Å². The smallest absolute Gasteiger partial charge is 0.255 e. The lowest BCUT2D eigenvalue weighted by molar-refractivity contribution is -0.140. The lowest BCUT2D eigenvalue weighted by atomic mass is 9.85. The molecule has 4 rings (SSSR count). The highest BCUT2D eigenvalue weighted by molar-refractivity contribution is 6.04. The number of carbonyl (C=O) groups excluding carboxylic acids is 2. The Bertz CT molecular complexity index is 903. The molecule has 170 valence electrons. The van der Waals surface area contributed by atoms with Gasteiger partial charge in [-0.1, -0.05) is 37.5 Å². The van der Waals surface area contributed by atoms with Crippen molar-refractivity contribution in [1.29, 1.82) is 0 Å². The van der Waals surface area contributed by atoms with E-state index in [4.69, 9.17) is 5.73 Å². The first kappa shape index (κ1) is 22.5. The van der Waals surface area contributed by atoms with Crippen LogP contribution in [-0.2, 0) is 11.3 Å². The molecule has 1 heterocycles. The Labute approximate surface area is 190 Å². The molecule has 0 radical (unpaired) electrons. The van der Waals surface area contributed by atoms with Gasteiger partial charge in [-0.3, -0.25) is 14.6 Å². The van der Waals surface area contributed by atoms with Crippen LogP contribution in [0.25, 0.3) is 0 Å². The summed E-state index contributed by atoms with van der Waals surface area (Å²) in [6, 6.07) is 11.7. The molecule has 2 aliphatic rings. The van der Waals surface area contributed by atoms with Crippen LogP contribution in [0.15, 0.2) is 48.8 Å². The molecule has 0 saturated heterocycles. The molecular formula is C26H34N4O2. The summed E-state index contributed by atoms with van der Waals surface area (Å²) in [5, 5.41) is 3.04. The van der Waals surface area contributed by atoms with Gasteiger partial charge in [0.2, 0.25) is 5.91 Å². The summed E-state index contributed by atoms with van der Waals surface area (Å²) >= 11 is 0. The molecule has 2 saturated carbocycles. The minimum absolute atomic E-state index is 0.123. The number of aromatic nitrogens is 1. The van der Waals surface area contributed by atoms with Gasteiger partial charge in [0.05, 0.1) is 0 Å². The molecule has 0 atom stereocenters. The van der Waals surface area contributed by atoms with Crippen LogP contribution >= 0.6 is 0 Å². The average molecular weight is 435 g/mol. The lowest BCUT2D eigenvalue weighted by Gasteiger charge is -2.39. The van der Waals surface area contributed by atoms with Crippen molar-refractivity contribution in [3.8, 4) is 0 Å². The van der Waals surface area contributed by atoms with Gasteiger partial charge in [0.15, 0.2) is 0 Å². The summed E-state index contributed by atoms with van der Waals surface area (Å²) in [5.41, 5.74) is 8.43. The van der Waals surface area contributed by atoms with Gasteiger partial charge in [-0.2, -0.15) is 0 Å². The Hall–Kier alpha value is -2.73. The Morgan fingerprint density at radius 3 is 2.34 bits per heavy atom.